The number of hydrogen-bond donors (Lipinski definition) is 0. The first-order valence-electron chi connectivity index (χ1n) is 21.7. The summed E-state index contributed by atoms with van der Waals surface area (Å²) >= 11 is 0. The molecule has 0 radical (unpaired) electrons. The van der Waals surface area contributed by atoms with Crippen LogP contribution >= 0.6 is 0 Å². The molecule has 13 rings (SSSR count). The van der Waals surface area contributed by atoms with Crippen LogP contribution in [0.2, 0.25) is 0 Å². The number of furan rings is 1. The molecule has 0 aliphatic heterocycles. The third kappa shape index (κ3) is 5.53. The van der Waals surface area contributed by atoms with E-state index in [9.17, 15) is 5.26 Å². The Morgan fingerprint density at radius 3 is 1.62 bits per heavy atom. The number of nitriles is 1. The van der Waals surface area contributed by atoms with Crippen molar-refractivity contribution in [3.63, 3.8) is 0 Å². The monoisotopic (exact) mass is 829 g/mol. The van der Waals surface area contributed by atoms with E-state index in [-0.39, 0.29) is 0 Å². The Balaban J connectivity index is 1.19. The molecule has 0 saturated carbocycles. The number of rotatable bonds is 6. The third-order valence-electron chi connectivity index (χ3n) is 12.8. The van der Waals surface area contributed by atoms with Crippen molar-refractivity contribution in [1.29, 1.82) is 5.26 Å². The molecular formula is C59H35N5O. The molecule has 0 bridgehead atoms. The predicted molar refractivity (Wildman–Crippen MR) is 264 cm³/mol. The van der Waals surface area contributed by atoms with E-state index in [1.54, 1.807) is 0 Å². The summed E-state index contributed by atoms with van der Waals surface area (Å²) in [6, 6.07) is 76.1. The number of para-hydroxylation sites is 4. The van der Waals surface area contributed by atoms with Gasteiger partial charge in [-0.15, -0.1) is 0 Å². The zero-order valence-corrected chi connectivity index (χ0v) is 34.9. The van der Waals surface area contributed by atoms with Gasteiger partial charge >= 0.3 is 0 Å². The van der Waals surface area contributed by atoms with Gasteiger partial charge in [0.1, 0.15) is 22.8 Å². The molecule has 6 heteroatoms. The van der Waals surface area contributed by atoms with Crippen LogP contribution in [0.1, 0.15) is 5.56 Å². The lowest BCUT2D eigenvalue weighted by molar-refractivity contribution is 0.669. The molecule has 4 aromatic heterocycles. The van der Waals surface area contributed by atoms with Gasteiger partial charge in [0, 0.05) is 49.3 Å². The highest BCUT2D eigenvalue weighted by atomic mass is 16.3. The van der Waals surface area contributed by atoms with E-state index in [0.29, 0.717) is 28.4 Å². The van der Waals surface area contributed by atoms with E-state index in [0.717, 1.165) is 88.4 Å². The summed E-state index contributed by atoms with van der Waals surface area (Å²) in [7, 11) is 0. The lowest BCUT2D eigenvalue weighted by Gasteiger charge is -2.16. The first-order valence-corrected chi connectivity index (χ1v) is 21.7. The molecule has 0 fully saturated rings. The van der Waals surface area contributed by atoms with Crippen molar-refractivity contribution >= 4 is 65.6 Å². The van der Waals surface area contributed by atoms with E-state index in [1.807, 2.05) is 72.8 Å². The molecule has 13 aromatic rings. The van der Waals surface area contributed by atoms with Crippen molar-refractivity contribution in [2.24, 2.45) is 0 Å². The van der Waals surface area contributed by atoms with Crippen LogP contribution < -0.4 is 0 Å². The Morgan fingerprint density at radius 1 is 0.431 bits per heavy atom. The second kappa shape index (κ2) is 14.5. The van der Waals surface area contributed by atoms with E-state index in [4.69, 9.17) is 14.4 Å². The standard InChI is InChI=1S/C59H35N5O/c60-36-47-54(38-21-7-2-8-22-38)61-59(62-55(47)39-23-9-3-10-24-39)44-33-34-50(52-43-29-15-18-32-51(43)65-58(44)52)64-49-31-17-14-28-42(49)53-56(64)45(37-19-5-1-6-20-37)35-46-41-27-13-16-30-48(41)63(57(46)53)40-25-11-4-12-26-40/h1-35H. The lowest BCUT2D eigenvalue weighted by atomic mass is 9.98. The predicted octanol–water partition coefficient (Wildman–Crippen LogP) is 15.1. The molecule has 65 heavy (non-hydrogen) atoms. The lowest BCUT2D eigenvalue weighted by Crippen LogP contribution is -2.02. The Bertz CT molecular complexity index is 3990. The minimum atomic E-state index is 0.418. The number of benzene rings is 9. The normalized spacial score (nSPS) is 11.7. The fourth-order valence-electron chi connectivity index (χ4n) is 10.0. The molecule has 0 spiro atoms. The molecule has 0 saturated heterocycles. The number of nitrogens with zero attached hydrogens (tertiary/aromatic N) is 5. The number of aromatic nitrogens is 4. The summed E-state index contributed by atoms with van der Waals surface area (Å²) in [5, 5.41) is 17.3. The maximum absolute atomic E-state index is 10.7. The van der Waals surface area contributed by atoms with E-state index in [1.165, 1.54) is 10.8 Å². The summed E-state index contributed by atoms with van der Waals surface area (Å²) in [6.45, 7) is 0. The summed E-state index contributed by atoms with van der Waals surface area (Å²) in [5.41, 5.74) is 14.2. The molecule has 0 amide bonds. The quantitative estimate of drug-likeness (QED) is 0.167. The van der Waals surface area contributed by atoms with Crippen LogP contribution in [-0.4, -0.2) is 19.1 Å². The summed E-state index contributed by atoms with van der Waals surface area (Å²) < 4.78 is 11.9. The van der Waals surface area contributed by atoms with Crippen LogP contribution in [0.4, 0.5) is 0 Å². The van der Waals surface area contributed by atoms with Gasteiger partial charge in [-0.2, -0.15) is 5.26 Å². The van der Waals surface area contributed by atoms with Gasteiger partial charge in [-0.3, -0.25) is 0 Å². The van der Waals surface area contributed by atoms with Crippen LogP contribution in [0.25, 0.3) is 122 Å². The summed E-state index contributed by atoms with van der Waals surface area (Å²) in [5.74, 6) is 0.471. The zero-order valence-electron chi connectivity index (χ0n) is 34.9. The molecule has 6 nitrogen and oxygen atoms in total. The minimum absolute atomic E-state index is 0.418. The molecule has 0 aliphatic carbocycles. The van der Waals surface area contributed by atoms with Crippen LogP contribution in [0.3, 0.4) is 0 Å². The molecule has 4 heterocycles. The summed E-state index contributed by atoms with van der Waals surface area (Å²) in [4.78, 5) is 10.5. The maximum atomic E-state index is 10.7. The number of fused-ring (bicyclic) bond motifs is 10. The zero-order chi connectivity index (χ0) is 43.0. The molecule has 0 N–H and O–H groups in total. The van der Waals surface area contributed by atoms with Crippen molar-refractivity contribution in [3.8, 4) is 62.5 Å². The fourth-order valence-corrected chi connectivity index (χ4v) is 10.0. The van der Waals surface area contributed by atoms with E-state index < -0.39 is 0 Å². The van der Waals surface area contributed by atoms with Crippen LogP contribution in [0, 0.1) is 11.3 Å². The van der Waals surface area contributed by atoms with Crippen molar-refractivity contribution in [1.82, 2.24) is 19.1 Å². The highest BCUT2D eigenvalue weighted by molar-refractivity contribution is 6.30. The average molecular weight is 830 g/mol. The van der Waals surface area contributed by atoms with Gasteiger partial charge in [0.25, 0.3) is 0 Å². The number of hydrogen-bond acceptors (Lipinski definition) is 4. The van der Waals surface area contributed by atoms with Crippen molar-refractivity contribution < 1.29 is 4.42 Å². The second-order valence-corrected chi connectivity index (χ2v) is 16.3. The topological polar surface area (TPSA) is 72.6 Å². The SMILES string of the molecule is N#Cc1c(-c2ccccc2)nc(-c2ccc(-n3c4ccccc4c4c3c(-c3ccccc3)cc3c5ccccc5n(-c5ccccc5)c34)c3c2oc2ccccc23)nc1-c1ccccc1. The van der Waals surface area contributed by atoms with Crippen LogP contribution in [0.15, 0.2) is 217 Å². The average Bonchev–Trinajstić information content (AvgIpc) is 4.05. The first-order chi connectivity index (χ1) is 32.2. The van der Waals surface area contributed by atoms with Gasteiger partial charge in [0.2, 0.25) is 0 Å². The van der Waals surface area contributed by atoms with Gasteiger partial charge in [-0.25, -0.2) is 9.97 Å². The van der Waals surface area contributed by atoms with Crippen LogP contribution in [0.5, 0.6) is 0 Å². The van der Waals surface area contributed by atoms with Crippen molar-refractivity contribution in [2.45, 2.75) is 0 Å². The molecule has 0 unspecified atom stereocenters. The first kappa shape index (κ1) is 36.6. The Morgan fingerprint density at radius 2 is 0.969 bits per heavy atom. The van der Waals surface area contributed by atoms with Gasteiger partial charge in [-0.05, 0) is 54.1 Å². The molecule has 9 aromatic carbocycles. The highest BCUT2D eigenvalue weighted by Crippen LogP contribution is 2.48. The smallest absolute Gasteiger partial charge is 0.164 e. The Kier molecular flexibility index (Phi) is 8.17. The van der Waals surface area contributed by atoms with Crippen molar-refractivity contribution in [2.75, 3.05) is 0 Å². The van der Waals surface area contributed by atoms with Gasteiger partial charge < -0.3 is 13.6 Å². The molecular weight excluding hydrogens is 795 g/mol. The highest BCUT2D eigenvalue weighted by Gasteiger charge is 2.28. The van der Waals surface area contributed by atoms with Crippen LogP contribution in [-0.2, 0) is 0 Å². The summed E-state index contributed by atoms with van der Waals surface area (Å²) in [6.07, 6.45) is 0. The molecule has 0 aliphatic rings. The van der Waals surface area contributed by atoms with Crippen molar-refractivity contribution in [3.05, 3.63) is 218 Å². The maximum Gasteiger partial charge on any atom is 0.164 e. The third-order valence-corrected chi connectivity index (χ3v) is 12.8. The largest absolute Gasteiger partial charge is 0.455 e. The second-order valence-electron chi connectivity index (χ2n) is 16.3. The minimum Gasteiger partial charge on any atom is -0.455 e. The fraction of sp³-hybridized carbons (Fsp3) is 0. The van der Waals surface area contributed by atoms with Gasteiger partial charge in [0.05, 0.1) is 50.1 Å². The molecule has 0 atom stereocenters. The van der Waals surface area contributed by atoms with E-state index >= 15 is 0 Å². The van der Waals surface area contributed by atoms with Gasteiger partial charge in [-0.1, -0.05) is 164 Å². The molecule has 302 valence electrons. The Hall–Kier alpha value is -9.05. The Labute approximate surface area is 373 Å². The van der Waals surface area contributed by atoms with Gasteiger partial charge in [0.15, 0.2) is 5.82 Å². The van der Waals surface area contributed by atoms with E-state index in [2.05, 4.69) is 155 Å².